The normalized spacial score (nSPS) is 11.6. The minimum atomic E-state index is 0.717. The van der Waals surface area contributed by atoms with Crippen molar-refractivity contribution < 1.29 is 0 Å². The fourth-order valence-electron chi connectivity index (χ4n) is 8.50. The number of aryl methyl sites for hydroxylation is 1. The molecule has 0 atom stereocenters. The Hall–Kier alpha value is -7.14. The van der Waals surface area contributed by atoms with Crippen LogP contribution in [0, 0.1) is 6.92 Å². The molecule has 0 aliphatic rings. The van der Waals surface area contributed by atoms with Crippen molar-refractivity contribution in [3.8, 4) is 61.8 Å². The summed E-state index contributed by atoms with van der Waals surface area (Å²) in [4.78, 5) is 11.3. The zero-order valence-corrected chi connectivity index (χ0v) is 32.0. The minimum Gasteiger partial charge on any atom is -0.301 e. The Labute approximate surface area is 334 Å². The highest BCUT2D eigenvalue weighted by Crippen LogP contribution is 2.50. The average Bonchev–Trinajstić information content (AvgIpc) is 3.82. The molecule has 268 valence electrons. The van der Waals surface area contributed by atoms with Crippen molar-refractivity contribution in [3.05, 3.63) is 200 Å². The lowest BCUT2D eigenvalue weighted by molar-refractivity contribution is 1.18. The maximum absolute atomic E-state index is 5.08. The van der Waals surface area contributed by atoms with Crippen LogP contribution < -0.4 is 0 Å². The number of thiophene rings is 1. The van der Waals surface area contributed by atoms with Gasteiger partial charge in [0.05, 0.1) is 16.9 Å². The van der Waals surface area contributed by atoms with Crippen molar-refractivity contribution in [2.24, 2.45) is 0 Å². The second-order valence-electron chi connectivity index (χ2n) is 14.6. The van der Waals surface area contributed by atoms with Gasteiger partial charge < -0.3 is 4.57 Å². The van der Waals surface area contributed by atoms with E-state index in [2.05, 4.69) is 181 Å². The lowest BCUT2D eigenvalue weighted by atomic mass is 9.91. The predicted molar refractivity (Wildman–Crippen MR) is 241 cm³/mol. The second kappa shape index (κ2) is 13.6. The van der Waals surface area contributed by atoms with E-state index in [1.807, 2.05) is 35.6 Å². The van der Waals surface area contributed by atoms with Gasteiger partial charge in [-0.05, 0) is 70.3 Å². The first-order valence-electron chi connectivity index (χ1n) is 19.3. The summed E-state index contributed by atoms with van der Waals surface area (Å²) in [6.45, 7) is 2.28. The molecule has 0 aliphatic heterocycles. The van der Waals surface area contributed by atoms with Crippen molar-refractivity contribution >= 4 is 53.3 Å². The standard InChI is InChI=1S/C53H35N3S/c1-34-42-24-14-15-25-43(42)49-50-44-32-40(30-31-47(44)56(41-22-12-5-13-23-41)53(50)57-51(49)48(34)38-18-8-3-9-19-38)35-26-28-37(29-27-35)46-33-45(36-16-6-2-7-17-36)54-52(55-46)39-20-10-4-11-21-39/h2-33H,1H3. The Bertz CT molecular complexity index is 3200. The quantitative estimate of drug-likeness (QED) is 0.170. The number of rotatable bonds is 6. The molecule has 8 aromatic carbocycles. The lowest BCUT2D eigenvalue weighted by Crippen LogP contribution is -1.95. The molecule has 3 aromatic heterocycles. The van der Waals surface area contributed by atoms with E-state index in [0.29, 0.717) is 0 Å². The van der Waals surface area contributed by atoms with Crippen molar-refractivity contribution in [2.75, 3.05) is 0 Å². The summed E-state index contributed by atoms with van der Waals surface area (Å²) < 4.78 is 3.79. The first-order valence-corrected chi connectivity index (χ1v) is 20.1. The molecule has 0 fully saturated rings. The van der Waals surface area contributed by atoms with Crippen LogP contribution in [0.25, 0.3) is 104 Å². The fraction of sp³-hybridized carbons (Fsp3) is 0.0189. The van der Waals surface area contributed by atoms with Gasteiger partial charge in [0.15, 0.2) is 5.82 Å². The number of hydrogen-bond donors (Lipinski definition) is 0. The van der Waals surface area contributed by atoms with E-state index < -0.39 is 0 Å². The summed E-state index contributed by atoms with van der Waals surface area (Å²) in [7, 11) is 0. The fourth-order valence-corrected chi connectivity index (χ4v) is 9.99. The highest BCUT2D eigenvalue weighted by Gasteiger charge is 2.24. The molecule has 0 unspecified atom stereocenters. The third-order valence-electron chi connectivity index (χ3n) is 11.2. The molecular formula is C53H35N3S. The molecule has 57 heavy (non-hydrogen) atoms. The van der Waals surface area contributed by atoms with Gasteiger partial charge in [-0.25, -0.2) is 9.97 Å². The van der Waals surface area contributed by atoms with Gasteiger partial charge >= 0.3 is 0 Å². The van der Waals surface area contributed by atoms with E-state index in [9.17, 15) is 0 Å². The molecule has 0 radical (unpaired) electrons. The van der Waals surface area contributed by atoms with Crippen molar-refractivity contribution in [3.63, 3.8) is 0 Å². The SMILES string of the molecule is Cc1c(-c2ccccc2)c2sc3c(c4cc(-c5ccc(-c6cc(-c7ccccc7)nc(-c7ccccc7)n6)cc5)ccc4n3-c3ccccc3)c2c2ccccc12. The van der Waals surface area contributed by atoms with Crippen LogP contribution in [0.15, 0.2) is 194 Å². The van der Waals surface area contributed by atoms with Gasteiger partial charge in [0, 0.05) is 48.8 Å². The summed E-state index contributed by atoms with van der Waals surface area (Å²) in [5.41, 5.74) is 13.5. The number of nitrogens with zero attached hydrogens (tertiary/aromatic N) is 3. The molecule has 4 heteroatoms. The molecule has 3 nitrogen and oxygen atoms in total. The van der Waals surface area contributed by atoms with Crippen LogP contribution in [-0.2, 0) is 0 Å². The van der Waals surface area contributed by atoms with Gasteiger partial charge in [0.25, 0.3) is 0 Å². The summed E-state index contributed by atoms with van der Waals surface area (Å²) in [5.74, 6) is 0.717. The second-order valence-corrected chi connectivity index (χ2v) is 15.6. The number of benzene rings is 8. The zero-order chi connectivity index (χ0) is 37.9. The number of para-hydroxylation sites is 1. The zero-order valence-electron chi connectivity index (χ0n) is 31.2. The van der Waals surface area contributed by atoms with Crippen molar-refractivity contribution in [2.45, 2.75) is 6.92 Å². The van der Waals surface area contributed by atoms with Crippen molar-refractivity contribution in [1.82, 2.24) is 14.5 Å². The van der Waals surface area contributed by atoms with Gasteiger partial charge in [-0.2, -0.15) is 0 Å². The van der Waals surface area contributed by atoms with Gasteiger partial charge in [-0.1, -0.05) is 164 Å². The number of fused-ring (bicyclic) bond motifs is 7. The largest absolute Gasteiger partial charge is 0.301 e. The van der Waals surface area contributed by atoms with E-state index in [1.54, 1.807) is 0 Å². The Balaban J connectivity index is 1.11. The molecule has 0 aliphatic carbocycles. The maximum atomic E-state index is 5.08. The minimum absolute atomic E-state index is 0.717. The molecule has 11 rings (SSSR count). The first kappa shape index (κ1) is 33.2. The van der Waals surface area contributed by atoms with E-state index >= 15 is 0 Å². The summed E-state index contributed by atoms with van der Waals surface area (Å²) >= 11 is 1.91. The van der Waals surface area contributed by atoms with Gasteiger partial charge in [-0.3, -0.25) is 0 Å². The topological polar surface area (TPSA) is 30.7 Å². The van der Waals surface area contributed by atoms with Crippen LogP contribution in [0.3, 0.4) is 0 Å². The molecule has 3 heterocycles. The molecule has 0 saturated heterocycles. The Morgan fingerprint density at radius 3 is 1.61 bits per heavy atom. The third-order valence-corrected chi connectivity index (χ3v) is 12.4. The van der Waals surface area contributed by atoms with E-state index in [0.717, 1.165) is 45.2 Å². The van der Waals surface area contributed by atoms with Crippen LogP contribution in [0.4, 0.5) is 0 Å². The van der Waals surface area contributed by atoms with Gasteiger partial charge in [-0.15, -0.1) is 11.3 Å². The van der Waals surface area contributed by atoms with E-state index in [4.69, 9.17) is 9.97 Å². The smallest absolute Gasteiger partial charge is 0.160 e. The van der Waals surface area contributed by atoms with Crippen LogP contribution >= 0.6 is 11.3 Å². The van der Waals surface area contributed by atoms with Crippen LogP contribution in [0.2, 0.25) is 0 Å². The monoisotopic (exact) mass is 745 g/mol. The summed E-state index contributed by atoms with van der Waals surface area (Å²) in [5, 5.41) is 6.49. The van der Waals surface area contributed by atoms with Gasteiger partial charge in [0.2, 0.25) is 0 Å². The summed E-state index contributed by atoms with van der Waals surface area (Å²) in [6, 6.07) is 69.1. The average molecular weight is 746 g/mol. The van der Waals surface area contributed by atoms with Crippen LogP contribution in [0.5, 0.6) is 0 Å². The van der Waals surface area contributed by atoms with E-state index in [-0.39, 0.29) is 0 Å². The summed E-state index contributed by atoms with van der Waals surface area (Å²) in [6.07, 6.45) is 0. The molecule has 11 aromatic rings. The molecule has 0 N–H and O–H groups in total. The molecule has 0 spiro atoms. The maximum Gasteiger partial charge on any atom is 0.160 e. The number of hydrogen-bond acceptors (Lipinski definition) is 3. The van der Waals surface area contributed by atoms with Crippen molar-refractivity contribution in [1.29, 1.82) is 0 Å². The molecule has 0 amide bonds. The molecule has 0 bridgehead atoms. The van der Waals surface area contributed by atoms with E-state index in [1.165, 1.54) is 64.2 Å². The van der Waals surface area contributed by atoms with Crippen LogP contribution in [-0.4, -0.2) is 14.5 Å². The third kappa shape index (κ3) is 5.56. The van der Waals surface area contributed by atoms with Crippen LogP contribution in [0.1, 0.15) is 5.56 Å². The predicted octanol–water partition coefficient (Wildman–Crippen LogP) is 14.6. The first-order chi connectivity index (χ1) is 28.2. The number of aromatic nitrogens is 3. The molecule has 0 saturated carbocycles. The highest BCUT2D eigenvalue weighted by molar-refractivity contribution is 7.26. The Morgan fingerprint density at radius 1 is 0.421 bits per heavy atom. The Morgan fingerprint density at radius 2 is 0.947 bits per heavy atom. The lowest BCUT2D eigenvalue weighted by Gasteiger charge is -2.13. The highest BCUT2D eigenvalue weighted by atomic mass is 32.1. The van der Waals surface area contributed by atoms with Gasteiger partial charge in [0.1, 0.15) is 4.83 Å². The molecular weight excluding hydrogens is 711 g/mol. The Kier molecular flexibility index (Phi) is 7.90.